The summed E-state index contributed by atoms with van der Waals surface area (Å²) in [4.78, 5) is 13.9. The molecule has 0 aliphatic rings. The molecule has 0 saturated carbocycles. The number of ether oxygens (including phenoxy) is 1. The van der Waals surface area contributed by atoms with Crippen LogP contribution < -0.4 is 14.8 Å². The van der Waals surface area contributed by atoms with E-state index in [-0.39, 0.29) is 5.91 Å². The van der Waals surface area contributed by atoms with E-state index in [4.69, 9.17) is 4.74 Å². The molecular formula is C16H20N2O4S2. The van der Waals surface area contributed by atoms with Crippen molar-refractivity contribution in [2.75, 3.05) is 25.2 Å². The lowest BCUT2D eigenvalue weighted by molar-refractivity contribution is 0.103. The van der Waals surface area contributed by atoms with Crippen molar-refractivity contribution in [2.24, 2.45) is 0 Å². The monoisotopic (exact) mass is 368 g/mol. The van der Waals surface area contributed by atoms with Crippen LogP contribution in [0.1, 0.15) is 20.1 Å². The lowest BCUT2D eigenvalue weighted by Crippen LogP contribution is -2.24. The van der Waals surface area contributed by atoms with Gasteiger partial charge >= 0.3 is 0 Å². The number of sulfonamides is 1. The largest absolute Gasteiger partial charge is 0.495 e. The fourth-order valence-corrected chi connectivity index (χ4v) is 3.47. The summed E-state index contributed by atoms with van der Waals surface area (Å²) in [5.41, 5.74) is 1.64. The molecule has 8 heteroatoms. The van der Waals surface area contributed by atoms with Crippen molar-refractivity contribution in [1.29, 1.82) is 0 Å². The van der Waals surface area contributed by atoms with Crippen LogP contribution in [0.2, 0.25) is 0 Å². The van der Waals surface area contributed by atoms with Gasteiger partial charge < -0.3 is 10.1 Å². The van der Waals surface area contributed by atoms with Gasteiger partial charge in [-0.05, 0) is 43.2 Å². The molecule has 0 spiro atoms. The van der Waals surface area contributed by atoms with Crippen LogP contribution >= 0.6 is 11.3 Å². The zero-order valence-electron chi connectivity index (χ0n) is 13.8. The fraction of sp³-hybridized carbons (Fsp3) is 0.312. The number of anilines is 1. The highest BCUT2D eigenvalue weighted by Crippen LogP contribution is 2.26. The van der Waals surface area contributed by atoms with Gasteiger partial charge in [-0.15, -0.1) is 11.3 Å². The Kier molecular flexibility index (Phi) is 5.98. The molecule has 1 aromatic carbocycles. The number of hydrogen-bond acceptors (Lipinski definition) is 5. The summed E-state index contributed by atoms with van der Waals surface area (Å²) in [7, 11) is -1.64. The molecule has 0 aliphatic carbocycles. The second kappa shape index (κ2) is 7.78. The molecule has 0 atom stereocenters. The number of hydrogen-bond donors (Lipinski definition) is 2. The predicted octanol–water partition coefficient (Wildman–Crippen LogP) is 2.41. The number of thiophene rings is 1. The number of amides is 1. The summed E-state index contributed by atoms with van der Waals surface area (Å²) in [5.74, 6) is 0.384. The highest BCUT2D eigenvalue weighted by atomic mass is 32.2. The quantitative estimate of drug-likeness (QED) is 0.786. The fourth-order valence-electron chi connectivity index (χ4n) is 2.10. The van der Waals surface area contributed by atoms with Crippen LogP contribution in [0.5, 0.6) is 5.75 Å². The maximum absolute atomic E-state index is 12.4. The maximum atomic E-state index is 12.4. The second-order valence-corrected chi connectivity index (χ2v) is 8.34. The zero-order valence-corrected chi connectivity index (χ0v) is 15.4. The van der Waals surface area contributed by atoms with E-state index >= 15 is 0 Å². The third kappa shape index (κ3) is 5.33. The number of rotatable bonds is 7. The molecule has 0 unspecified atom stereocenters. The SMILES string of the molecule is COc1ccc(C)cc1NC(=O)c1ccc(CCNS(C)(=O)=O)s1. The minimum atomic E-state index is -3.19. The molecule has 1 aromatic heterocycles. The normalized spacial score (nSPS) is 11.3. The number of carbonyl (C=O) groups excluding carboxylic acids is 1. The van der Waals surface area contributed by atoms with Crippen LogP contribution in [0, 0.1) is 6.92 Å². The summed E-state index contributed by atoms with van der Waals surface area (Å²) in [6, 6.07) is 9.13. The average Bonchev–Trinajstić information content (AvgIpc) is 2.95. The molecule has 2 N–H and O–H groups in total. The van der Waals surface area contributed by atoms with Gasteiger partial charge in [-0.2, -0.15) is 0 Å². The van der Waals surface area contributed by atoms with E-state index in [0.29, 0.717) is 29.3 Å². The predicted molar refractivity (Wildman–Crippen MR) is 96.6 cm³/mol. The van der Waals surface area contributed by atoms with Crippen LogP contribution in [0.4, 0.5) is 5.69 Å². The Hall–Kier alpha value is -1.90. The van der Waals surface area contributed by atoms with Gasteiger partial charge in [0.15, 0.2) is 0 Å². The first kappa shape index (κ1) is 18.4. The van der Waals surface area contributed by atoms with Gasteiger partial charge in [-0.3, -0.25) is 4.79 Å². The Morgan fingerprint density at radius 1 is 1.25 bits per heavy atom. The highest BCUT2D eigenvalue weighted by molar-refractivity contribution is 7.88. The second-order valence-electron chi connectivity index (χ2n) is 5.34. The molecule has 0 fully saturated rings. The molecule has 1 heterocycles. The molecule has 0 aliphatic heterocycles. The number of methoxy groups -OCH3 is 1. The topological polar surface area (TPSA) is 84.5 Å². The first-order valence-electron chi connectivity index (χ1n) is 7.28. The molecular weight excluding hydrogens is 348 g/mol. The summed E-state index contributed by atoms with van der Waals surface area (Å²) < 4.78 is 29.8. The third-order valence-corrected chi connectivity index (χ3v) is 5.10. The summed E-state index contributed by atoms with van der Waals surface area (Å²) in [5, 5.41) is 2.85. The van der Waals surface area contributed by atoms with Crippen molar-refractivity contribution in [2.45, 2.75) is 13.3 Å². The lowest BCUT2D eigenvalue weighted by Gasteiger charge is -2.10. The van der Waals surface area contributed by atoms with Crippen molar-refractivity contribution >= 4 is 33.0 Å². The summed E-state index contributed by atoms with van der Waals surface area (Å²) >= 11 is 1.34. The Morgan fingerprint density at radius 3 is 2.67 bits per heavy atom. The van der Waals surface area contributed by atoms with Crippen molar-refractivity contribution in [1.82, 2.24) is 4.72 Å². The van der Waals surface area contributed by atoms with Crippen molar-refractivity contribution < 1.29 is 17.9 Å². The van der Waals surface area contributed by atoms with Gasteiger partial charge in [-0.25, -0.2) is 13.1 Å². The summed E-state index contributed by atoms with van der Waals surface area (Å²) in [6.45, 7) is 2.25. The van der Waals surface area contributed by atoms with E-state index < -0.39 is 10.0 Å². The minimum Gasteiger partial charge on any atom is -0.495 e. The zero-order chi connectivity index (χ0) is 17.7. The smallest absolute Gasteiger partial charge is 0.265 e. The third-order valence-electron chi connectivity index (χ3n) is 3.22. The van der Waals surface area contributed by atoms with Crippen molar-refractivity contribution in [3.63, 3.8) is 0 Å². The summed E-state index contributed by atoms with van der Waals surface area (Å²) in [6.07, 6.45) is 1.66. The van der Waals surface area contributed by atoms with Gasteiger partial charge in [-0.1, -0.05) is 6.07 Å². The molecule has 24 heavy (non-hydrogen) atoms. The number of nitrogens with one attached hydrogen (secondary N) is 2. The Labute approximate surface area is 145 Å². The molecule has 0 radical (unpaired) electrons. The Bertz CT molecular complexity index is 828. The minimum absolute atomic E-state index is 0.216. The van der Waals surface area contributed by atoms with Gasteiger partial charge in [0, 0.05) is 11.4 Å². The van der Waals surface area contributed by atoms with E-state index in [9.17, 15) is 13.2 Å². The molecule has 1 amide bonds. The molecule has 6 nitrogen and oxygen atoms in total. The van der Waals surface area contributed by atoms with Crippen LogP contribution in [-0.4, -0.2) is 34.2 Å². The molecule has 0 bridgehead atoms. The van der Waals surface area contributed by atoms with Gasteiger partial charge in [0.1, 0.15) is 5.75 Å². The number of carbonyl (C=O) groups is 1. The van der Waals surface area contributed by atoms with E-state index in [0.717, 1.165) is 16.7 Å². The van der Waals surface area contributed by atoms with Gasteiger partial charge in [0.05, 0.1) is 23.9 Å². The average molecular weight is 368 g/mol. The van der Waals surface area contributed by atoms with E-state index in [1.54, 1.807) is 13.2 Å². The molecule has 130 valence electrons. The van der Waals surface area contributed by atoms with Gasteiger partial charge in [0.2, 0.25) is 10.0 Å². The standard InChI is InChI=1S/C16H20N2O4S2/c1-11-4-6-14(22-2)13(10-11)18-16(19)15-7-5-12(23-15)8-9-17-24(3,20)21/h4-7,10,17H,8-9H2,1-3H3,(H,18,19). The van der Waals surface area contributed by atoms with Crippen LogP contribution in [0.3, 0.4) is 0 Å². The van der Waals surface area contributed by atoms with Crippen LogP contribution in [-0.2, 0) is 16.4 Å². The van der Waals surface area contributed by atoms with Gasteiger partial charge in [0.25, 0.3) is 5.91 Å². The van der Waals surface area contributed by atoms with Crippen molar-refractivity contribution in [3.8, 4) is 5.75 Å². The lowest BCUT2D eigenvalue weighted by atomic mass is 10.2. The molecule has 0 saturated heterocycles. The number of aryl methyl sites for hydroxylation is 1. The highest BCUT2D eigenvalue weighted by Gasteiger charge is 2.12. The van der Waals surface area contributed by atoms with Crippen LogP contribution in [0.15, 0.2) is 30.3 Å². The molecule has 2 rings (SSSR count). The van der Waals surface area contributed by atoms with E-state index in [1.165, 1.54) is 11.3 Å². The first-order valence-corrected chi connectivity index (χ1v) is 9.98. The maximum Gasteiger partial charge on any atom is 0.265 e. The Morgan fingerprint density at radius 2 is 2.00 bits per heavy atom. The number of benzene rings is 1. The molecule has 2 aromatic rings. The van der Waals surface area contributed by atoms with E-state index in [2.05, 4.69) is 10.0 Å². The van der Waals surface area contributed by atoms with Crippen molar-refractivity contribution in [3.05, 3.63) is 45.6 Å². The van der Waals surface area contributed by atoms with E-state index in [1.807, 2.05) is 31.2 Å². The van der Waals surface area contributed by atoms with Crippen LogP contribution in [0.25, 0.3) is 0 Å². The Balaban J connectivity index is 2.02. The first-order chi connectivity index (χ1) is 11.3.